The van der Waals surface area contributed by atoms with E-state index in [-0.39, 0.29) is 0 Å². The molecule has 17 heavy (non-hydrogen) atoms. The van der Waals surface area contributed by atoms with Crippen LogP contribution >= 0.6 is 0 Å². The van der Waals surface area contributed by atoms with E-state index in [1.807, 2.05) is 11.7 Å². The molecule has 0 bridgehead atoms. The van der Waals surface area contributed by atoms with Gasteiger partial charge in [-0.25, -0.2) is 0 Å². The highest BCUT2D eigenvalue weighted by Crippen LogP contribution is 2.24. The molecule has 1 aromatic rings. The standard InChI is InChI=1S/C12H23N5/c1-10-11(4-5-13)12(16(3)14-10)17-8-6-15(2)7-9-17/h4-9,13H2,1-3H3. The van der Waals surface area contributed by atoms with Crippen LogP contribution in [0.15, 0.2) is 0 Å². The summed E-state index contributed by atoms with van der Waals surface area (Å²) in [5.74, 6) is 1.26. The zero-order valence-electron chi connectivity index (χ0n) is 11.1. The largest absolute Gasteiger partial charge is 0.354 e. The van der Waals surface area contributed by atoms with Crippen LogP contribution in [0.5, 0.6) is 0 Å². The maximum absolute atomic E-state index is 5.70. The summed E-state index contributed by atoms with van der Waals surface area (Å²) in [5.41, 5.74) is 8.13. The van der Waals surface area contributed by atoms with Crippen molar-refractivity contribution in [3.05, 3.63) is 11.3 Å². The SMILES string of the molecule is Cc1nn(C)c(N2CCN(C)CC2)c1CCN. The molecular formula is C12H23N5. The van der Waals surface area contributed by atoms with Crippen LogP contribution in [0.1, 0.15) is 11.3 Å². The predicted molar refractivity (Wildman–Crippen MR) is 70.4 cm³/mol. The molecule has 0 amide bonds. The Labute approximate surface area is 103 Å². The van der Waals surface area contributed by atoms with E-state index >= 15 is 0 Å². The maximum Gasteiger partial charge on any atom is 0.130 e. The summed E-state index contributed by atoms with van der Waals surface area (Å²) in [7, 11) is 4.20. The average Bonchev–Trinajstić information content (AvgIpc) is 2.56. The van der Waals surface area contributed by atoms with Crippen LogP contribution < -0.4 is 10.6 Å². The molecule has 0 spiro atoms. The van der Waals surface area contributed by atoms with Crippen molar-refractivity contribution >= 4 is 5.82 Å². The van der Waals surface area contributed by atoms with Crippen molar-refractivity contribution in [3.8, 4) is 0 Å². The van der Waals surface area contributed by atoms with Gasteiger partial charge in [0.25, 0.3) is 0 Å². The molecule has 0 atom stereocenters. The van der Waals surface area contributed by atoms with E-state index in [1.165, 1.54) is 11.4 Å². The van der Waals surface area contributed by atoms with Gasteiger partial charge in [0, 0.05) is 38.8 Å². The number of rotatable bonds is 3. The topological polar surface area (TPSA) is 50.3 Å². The molecule has 5 heteroatoms. The van der Waals surface area contributed by atoms with E-state index in [1.54, 1.807) is 0 Å². The van der Waals surface area contributed by atoms with Gasteiger partial charge in [-0.3, -0.25) is 4.68 Å². The van der Waals surface area contributed by atoms with Gasteiger partial charge in [0.05, 0.1) is 5.69 Å². The lowest BCUT2D eigenvalue weighted by Gasteiger charge is -2.34. The van der Waals surface area contributed by atoms with Gasteiger partial charge in [-0.1, -0.05) is 0 Å². The van der Waals surface area contributed by atoms with E-state index < -0.39 is 0 Å². The molecule has 0 aliphatic carbocycles. The molecule has 0 saturated carbocycles. The molecule has 0 unspecified atom stereocenters. The molecule has 0 aromatic carbocycles. The van der Waals surface area contributed by atoms with E-state index in [0.29, 0.717) is 6.54 Å². The highest BCUT2D eigenvalue weighted by Gasteiger charge is 2.21. The monoisotopic (exact) mass is 237 g/mol. The number of anilines is 1. The quantitative estimate of drug-likeness (QED) is 0.803. The first-order valence-corrected chi connectivity index (χ1v) is 6.29. The molecule has 2 heterocycles. The Hall–Kier alpha value is -1.07. The summed E-state index contributed by atoms with van der Waals surface area (Å²) in [6.07, 6.45) is 0.918. The summed E-state index contributed by atoms with van der Waals surface area (Å²) in [5, 5.41) is 4.53. The van der Waals surface area contributed by atoms with Gasteiger partial charge < -0.3 is 15.5 Å². The van der Waals surface area contributed by atoms with Crippen LogP contribution in [-0.2, 0) is 13.5 Å². The third-order valence-electron chi connectivity index (χ3n) is 3.51. The minimum atomic E-state index is 0.688. The molecule has 1 aromatic heterocycles. The molecular weight excluding hydrogens is 214 g/mol. The van der Waals surface area contributed by atoms with E-state index in [2.05, 4.69) is 28.9 Å². The van der Waals surface area contributed by atoms with Gasteiger partial charge in [0.15, 0.2) is 0 Å². The Morgan fingerprint density at radius 3 is 2.41 bits per heavy atom. The van der Waals surface area contributed by atoms with Crippen LogP contribution in [0.3, 0.4) is 0 Å². The van der Waals surface area contributed by atoms with Crippen molar-refractivity contribution in [2.24, 2.45) is 12.8 Å². The molecule has 1 aliphatic heterocycles. The smallest absolute Gasteiger partial charge is 0.130 e. The van der Waals surface area contributed by atoms with Gasteiger partial charge >= 0.3 is 0 Å². The lowest BCUT2D eigenvalue weighted by atomic mass is 10.1. The average molecular weight is 237 g/mol. The molecule has 5 nitrogen and oxygen atoms in total. The number of likely N-dealkylation sites (N-methyl/N-ethyl adjacent to an activating group) is 1. The molecule has 1 aliphatic rings. The van der Waals surface area contributed by atoms with Crippen molar-refractivity contribution in [1.29, 1.82) is 0 Å². The zero-order valence-corrected chi connectivity index (χ0v) is 11.1. The number of nitrogens with zero attached hydrogens (tertiary/aromatic N) is 4. The van der Waals surface area contributed by atoms with Gasteiger partial charge in [-0.2, -0.15) is 5.10 Å². The lowest BCUT2D eigenvalue weighted by Crippen LogP contribution is -2.45. The second-order valence-electron chi connectivity index (χ2n) is 4.84. The highest BCUT2D eigenvalue weighted by atomic mass is 15.4. The summed E-state index contributed by atoms with van der Waals surface area (Å²) in [4.78, 5) is 4.80. The van der Waals surface area contributed by atoms with Crippen molar-refractivity contribution in [3.63, 3.8) is 0 Å². The minimum Gasteiger partial charge on any atom is -0.354 e. The minimum absolute atomic E-state index is 0.688. The van der Waals surface area contributed by atoms with Crippen molar-refractivity contribution < 1.29 is 0 Å². The predicted octanol–water partition coefficient (Wildman–Crippen LogP) is -0.0185. The highest BCUT2D eigenvalue weighted by molar-refractivity contribution is 5.50. The Balaban J connectivity index is 2.24. The normalized spacial score (nSPS) is 17.8. The van der Waals surface area contributed by atoms with Crippen LogP contribution in [0.25, 0.3) is 0 Å². The molecule has 2 N–H and O–H groups in total. The molecule has 0 radical (unpaired) electrons. The van der Waals surface area contributed by atoms with Crippen molar-refractivity contribution in [2.45, 2.75) is 13.3 Å². The molecule has 1 fully saturated rings. The summed E-state index contributed by atoms with van der Waals surface area (Å²) in [6.45, 7) is 7.15. The van der Waals surface area contributed by atoms with E-state index in [4.69, 9.17) is 5.73 Å². The number of aromatic nitrogens is 2. The Kier molecular flexibility index (Phi) is 3.69. The zero-order chi connectivity index (χ0) is 12.4. The Morgan fingerprint density at radius 1 is 1.18 bits per heavy atom. The summed E-state index contributed by atoms with van der Waals surface area (Å²) >= 11 is 0. The first-order chi connectivity index (χ1) is 8.13. The molecule has 1 saturated heterocycles. The van der Waals surface area contributed by atoms with Gasteiger partial charge in [-0.05, 0) is 26.9 Å². The van der Waals surface area contributed by atoms with Gasteiger partial charge in [0.2, 0.25) is 0 Å². The number of hydrogen-bond donors (Lipinski definition) is 1. The summed E-state index contributed by atoms with van der Waals surface area (Å²) in [6, 6.07) is 0. The van der Waals surface area contributed by atoms with E-state index in [9.17, 15) is 0 Å². The van der Waals surface area contributed by atoms with Crippen LogP contribution in [0.4, 0.5) is 5.82 Å². The fourth-order valence-corrected chi connectivity index (χ4v) is 2.54. The fourth-order valence-electron chi connectivity index (χ4n) is 2.54. The second-order valence-corrected chi connectivity index (χ2v) is 4.84. The van der Waals surface area contributed by atoms with Gasteiger partial charge in [-0.15, -0.1) is 0 Å². The van der Waals surface area contributed by atoms with Crippen molar-refractivity contribution in [2.75, 3.05) is 44.7 Å². The van der Waals surface area contributed by atoms with E-state index in [0.717, 1.165) is 38.3 Å². The fraction of sp³-hybridized carbons (Fsp3) is 0.750. The number of aryl methyl sites for hydroxylation is 2. The van der Waals surface area contributed by atoms with Crippen LogP contribution in [0, 0.1) is 6.92 Å². The summed E-state index contributed by atoms with van der Waals surface area (Å²) < 4.78 is 2.01. The van der Waals surface area contributed by atoms with Crippen LogP contribution in [0.2, 0.25) is 0 Å². The van der Waals surface area contributed by atoms with Gasteiger partial charge in [0.1, 0.15) is 5.82 Å². The lowest BCUT2D eigenvalue weighted by molar-refractivity contribution is 0.310. The maximum atomic E-state index is 5.70. The molecule has 96 valence electrons. The third kappa shape index (κ3) is 2.45. The van der Waals surface area contributed by atoms with Crippen molar-refractivity contribution in [1.82, 2.24) is 14.7 Å². The number of nitrogens with two attached hydrogens (primary N) is 1. The Bertz CT molecular complexity index is 376. The Morgan fingerprint density at radius 2 is 1.82 bits per heavy atom. The van der Waals surface area contributed by atoms with Crippen LogP contribution in [-0.4, -0.2) is 54.5 Å². The number of hydrogen-bond acceptors (Lipinski definition) is 4. The third-order valence-corrected chi connectivity index (χ3v) is 3.51. The second kappa shape index (κ2) is 5.06. The molecule has 2 rings (SSSR count). The first kappa shape index (κ1) is 12.4. The first-order valence-electron chi connectivity index (χ1n) is 6.29. The number of piperazine rings is 1.